The van der Waals surface area contributed by atoms with E-state index in [1.807, 2.05) is 44.2 Å². The lowest BCUT2D eigenvalue weighted by Gasteiger charge is -2.63. The molecule has 1 N–H and O–H groups in total. The molecule has 0 amide bonds. The number of carboxylic acid groups (broad SMARTS) is 1. The topological polar surface area (TPSA) is 107 Å². The maximum absolute atomic E-state index is 14.8. The number of hydrogen-bond donors (Lipinski definition) is 1. The van der Waals surface area contributed by atoms with E-state index in [2.05, 4.69) is 20.8 Å². The summed E-state index contributed by atoms with van der Waals surface area (Å²) in [6.45, 7) is 10.1. The quantitative estimate of drug-likeness (QED) is 0.341. The van der Waals surface area contributed by atoms with E-state index in [-0.39, 0.29) is 46.4 Å². The molecule has 8 heteroatoms. The number of ether oxygens (including phenoxy) is 1. The predicted octanol–water partition coefficient (Wildman–Crippen LogP) is 6.48. The fraction of sp³-hybridized carbons (Fsp3) is 0.600. The van der Waals surface area contributed by atoms with E-state index in [1.54, 1.807) is 19.2 Å². The minimum Gasteiger partial charge on any atom is -0.479 e. The molecular weight excluding hydrogens is 564 g/mol. The van der Waals surface area contributed by atoms with Crippen LogP contribution in [0.25, 0.3) is 0 Å². The molecule has 234 valence electrons. The molecule has 0 aliphatic heterocycles. The highest BCUT2D eigenvalue weighted by Crippen LogP contribution is 2.70. The summed E-state index contributed by atoms with van der Waals surface area (Å²) in [7, 11) is -2.73. The fourth-order valence-electron chi connectivity index (χ4n) is 9.46. The number of aliphatic carboxylic acids is 1. The van der Waals surface area contributed by atoms with Gasteiger partial charge in [-0.1, -0.05) is 75.7 Å². The SMILES string of the molecule is CO[C@@H]1CC[C@@]23CC[C@@H](C)[C@](C)([C@H](C(OS(=O)(=O)c4ccc(C)cc4)C(=O)O)C[C@](C)(Cc4ccccc4)C(=O)[C@@H]2C)[C@@H]13. The molecule has 9 atom stereocenters. The second-order valence-electron chi connectivity index (χ2n) is 14.1. The standard InChI is InChI=1S/C35H46O7S/c1-22-12-14-26(15-13-22)43(39,40)42-29(32(37)38)27-21-33(4,20-25-10-8-7-9-11-25)31(36)24(3)35-18-16-23(2)34(27,5)30(35)28(41-6)17-19-35/h7-15,23-24,27-30H,16-21H2,1-6H3,(H,37,38)/t23-,24+,27+,28-,29?,30-,33+,34-,35+/m1/s1. The van der Waals surface area contributed by atoms with Gasteiger partial charge >= 0.3 is 5.97 Å². The van der Waals surface area contributed by atoms with Gasteiger partial charge in [0.15, 0.2) is 6.10 Å². The summed E-state index contributed by atoms with van der Waals surface area (Å²) in [5.74, 6) is -2.30. The molecule has 3 saturated carbocycles. The molecule has 0 aromatic heterocycles. The van der Waals surface area contributed by atoms with Crippen LogP contribution in [0, 0.1) is 46.8 Å². The average Bonchev–Trinajstić information content (AvgIpc) is 3.37. The zero-order valence-corrected chi connectivity index (χ0v) is 27.0. The summed E-state index contributed by atoms with van der Waals surface area (Å²) < 4.78 is 39.2. The Hall–Kier alpha value is -2.55. The number of rotatable bonds is 8. The van der Waals surface area contributed by atoms with Crippen LogP contribution in [0.4, 0.5) is 0 Å². The third kappa shape index (κ3) is 5.27. The normalized spacial score (nSPS) is 36.8. The number of aryl methyl sites for hydroxylation is 1. The Morgan fingerprint density at radius 3 is 2.26 bits per heavy atom. The fourth-order valence-corrected chi connectivity index (χ4v) is 10.5. The highest BCUT2D eigenvalue weighted by molar-refractivity contribution is 7.86. The van der Waals surface area contributed by atoms with Gasteiger partial charge in [0.05, 0.1) is 11.0 Å². The minimum atomic E-state index is -4.42. The lowest BCUT2D eigenvalue weighted by molar-refractivity contribution is -0.193. The Kier molecular flexibility index (Phi) is 8.47. The zero-order chi connectivity index (χ0) is 31.4. The van der Waals surface area contributed by atoms with Crippen molar-refractivity contribution in [2.45, 2.75) is 90.2 Å². The Labute approximate surface area is 256 Å². The van der Waals surface area contributed by atoms with Gasteiger partial charge in [-0.15, -0.1) is 0 Å². The first kappa shape index (κ1) is 31.9. The average molecular weight is 611 g/mol. The first-order valence-corrected chi connectivity index (χ1v) is 16.9. The highest BCUT2D eigenvalue weighted by Gasteiger charge is 2.69. The van der Waals surface area contributed by atoms with Gasteiger partial charge in [0.2, 0.25) is 0 Å². The van der Waals surface area contributed by atoms with Crippen molar-refractivity contribution in [1.82, 2.24) is 0 Å². The smallest absolute Gasteiger partial charge is 0.334 e. The van der Waals surface area contributed by atoms with E-state index < -0.39 is 38.9 Å². The summed E-state index contributed by atoms with van der Waals surface area (Å²) >= 11 is 0. The number of ketones is 1. The maximum Gasteiger partial charge on any atom is 0.334 e. The monoisotopic (exact) mass is 610 g/mol. The van der Waals surface area contributed by atoms with E-state index in [1.165, 1.54) is 12.1 Å². The van der Waals surface area contributed by atoms with Crippen molar-refractivity contribution >= 4 is 21.9 Å². The maximum atomic E-state index is 14.8. The number of carbonyl (C=O) groups is 2. The molecule has 0 spiro atoms. The van der Waals surface area contributed by atoms with Crippen LogP contribution in [-0.2, 0) is 35.0 Å². The number of hydrogen-bond acceptors (Lipinski definition) is 6. The second kappa shape index (κ2) is 11.4. The third-order valence-corrected chi connectivity index (χ3v) is 13.2. The van der Waals surface area contributed by atoms with Crippen LogP contribution in [0.1, 0.15) is 70.9 Å². The molecule has 7 nitrogen and oxygen atoms in total. The lowest BCUT2D eigenvalue weighted by atomic mass is 9.41. The van der Waals surface area contributed by atoms with E-state index in [9.17, 15) is 23.1 Å². The Balaban J connectivity index is 1.70. The zero-order valence-electron chi connectivity index (χ0n) is 26.2. The van der Waals surface area contributed by atoms with Gasteiger partial charge < -0.3 is 9.84 Å². The van der Waals surface area contributed by atoms with E-state index in [4.69, 9.17) is 8.92 Å². The summed E-state index contributed by atoms with van der Waals surface area (Å²) in [6.07, 6.45) is 2.07. The largest absolute Gasteiger partial charge is 0.479 e. The van der Waals surface area contributed by atoms with Gasteiger partial charge in [-0.05, 0) is 85.8 Å². The van der Waals surface area contributed by atoms with Gasteiger partial charge in [0.25, 0.3) is 10.1 Å². The molecule has 5 rings (SSSR count). The molecule has 0 saturated heterocycles. The Morgan fingerprint density at radius 2 is 1.65 bits per heavy atom. The van der Waals surface area contributed by atoms with Crippen LogP contribution in [-0.4, -0.2) is 44.6 Å². The molecule has 3 aliphatic rings. The van der Waals surface area contributed by atoms with Crippen LogP contribution < -0.4 is 0 Å². The molecule has 43 heavy (non-hydrogen) atoms. The molecule has 0 radical (unpaired) electrons. The number of carboxylic acids is 1. The van der Waals surface area contributed by atoms with Crippen molar-refractivity contribution < 1.29 is 32.0 Å². The van der Waals surface area contributed by atoms with E-state index >= 15 is 0 Å². The van der Waals surface area contributed by atoms with E-state index in [0.717, 1.165) is 36.8 Å². The van der Waals surface area contributed by atoms with Crippen molar-refractivity contribution in [3.63, 3.8) is 0 Å². The number of benzene rings is 2. The van der Waals surface area contributed by atoms with Gasteiger partial charge in [-0.2, -0.15) is 8.42 Å². The van der Waals surface area contributed by atoms with Crippen LogP contribution in [0.15, 0.2) is 59.5 Å². The first-order chi connectivity index (χ1) is 20.2. The van der Waals surface area contributed by atoms with Gasteiger partial charge in [0.1, 0.15) is 5.78 Å². The molecule has 2 aromatic rings. The summed E-state index contributed by atoms with van der Waals surface area (Å²) in [5, 5.41) is 10.8. The predicted molar refractivity (Wildman–Crippen MR) is 164 cm³/mol. The van der Waals surface area contributed by atoms with Crippen molar-refractivity contribution in [2.24, 2.45) is 39.9 Å². The van der Waals surface area contributed by atoms with Crippen molar-refractivity contribution in [1.29, 1.82) is 0 Å². The first-order valence-electron chi connectivity index (χ1n) is 15.5. The Bertz CT molecular complexity index is 1450. The van der Waals surface area contributed by atoms with E-state index in [0.29, 0.717) is 6.42 Å². The Morgan fingerprint density at radius 1 is 1.02 bits per heavy atom. The summed E-state index contributed by atoms with van der Waals surface area (Å²) in [6, 6.07) is 16.0. The van der Waals surface area contributed by atoms with Crippen molar-refractivity contribution in [3.8, 4) is 0 Å². The summed E-state index contributed by atoms with van der Waals surface area (Å²) in [4.78, 5) is 27.9. The minimum absolute atomic E-state index is 0.0558. The highest BCUT2D eigenvalue weighted by atomic mass is 32.2. The number of carbonyl (C=O) groups excluding carboxylic acids is 1. The third-order valence-electron chi connectivity index (χ3n) is 11.9. The van der Waals surface area contributed by atoms with Crippen LogP contribution in [0.3, 0.4) is 0 Å². The van der Waals surface area contributed by atoms with Crippen molar-refractivity contribution in [3.05, 3.63) is 65.7 Å². The van der Waals surface area contributed by atoms with Crippen LogP contribution >= 0.6 is 0 Å². The van der Waals surface area contributed by atoms with Crippen LogP contribution in [0.5, 0.6) is 0 Å². The van der Waals surface area contributed by atoms with Crippen molar-refractivity contribution in [2.75, 3.05) is 7.11 Å². The molecule has 3 fully saturated rings. The number of Topliss-reactive ketones (excluding diaryl/α,β-unsaturated/α-hetero) is 1. The molecular formula is C35H46O7S. The summed E-state index contributed by atoms with van der Waals surface area (Å²) in [5.41, 5.74) is -0.103. The van der Waals surface area contributed by atoms with Gasteiger partial charge in [-0.3, -0.25) is 8.98 Å². The van der Waals surface area contributed by atoms with Gasteiger partial charge in [-0.25, -0.2) is 4.79 Å². The molecule has 2 bridgehead atoms. The van der Waals surface area contributed by atoms with Crippen LogP contribution in [0.2, 0.25) is 0 Å². The molecule has 2 aromatic carbocycles. The van der Waals surface area contributed by atoms with Gasteiger partial charge in [0, 0.05) is 24.4 Å². The lowest BCUT2D eigenvalue weighted by Crippen LogP contribution is -2.63. The molecule has 1 unspecified atom stereocenters. The molecule has 0 heterocycles. The second-order valence-corrected chi connectivity index (χ2v) is 15.6. The number of methoxy groups -OCH3 is 1. The molecule has 3 aliphatic carbocycles.